The molecule has 0 spiro atoms. The minimum Gasteiger partial charge on any atom is -0.354 e. The number of halogens is 2. The summed E-state index contributed by atoms with van der Waals surface area (Å²) >= 11 is 5.92. The van der Waals surface area contributed by atoms with Crippen molar-refractivity contribution in [3.63, 3.8) is 0 Å². The Balaban J connectivity index is 0.00000220. The molecule has 0 bridgehead atoms. The van der Waals surface area contributed by atoms with E-state index in [4.69, 9.17) is 17.3 Å². The Bertz CT molecular complexity index is 482. The molecule has 5 heteroatoms. The third-order valence-electron chi connectivity index (χ3n) is 4.19. The molecule has 0 aliphatic heterocycles. The number of rotatable bonds is 6. The molecule has 118 valence electrons. The van der Waals surface area contributed by atoms with Gasteiger partial charge in [-0.2, -0.15) is 0 Å². The van der Waals surface area contributed by atoms with Crippen molar-refractivity contribution in [3.8, 4) is 0 Å². The monoisotopic (exact) mass is 330 g/mol. The Morgan fingerprint density at radius 3 is 2.43 bits per heavy atom. The van der Waals surface area contributed by atoms with Crippen LogP contribution in [0.25, 0.3) is 0 Å². The number of hydrogen-bond acceptors (Lipinski definition) is 2. The van der Waals surface area contributed by atoms with Crippen LogP contribution in [0, 0.1) is 0 Å². The van der Waals surface area contributed by atoms with Gasteiger partial charge in [-0.1, -0.05) is 37.1 Å². The van der Waals surface area contributed by atoms with Crippen LogP contribution in [0.4, 0.5) is 0 Å². The summed E-state index contributed by atoms with van der Waals surface area (Å²) in [5, 5.41) is 3.77. The maximum Gasteiger partial charge on any atom is 0.239 e. The van der Waals surface area contributed by atoms with Crippen LogP contribution in [-0.4, -0.2) is 18.0 Å². The summed E-state index contributed by atoms with van der Waals surface area (Å²) < 4.78 is 0. The first kappa shape index (κ1) is 18.3. The van der Waals surface area contributed by atoms with Gasteiger partial charge in [0.2, 0.25) is 5.91 Å². The van der Waals surface area contributed by atoms with E-state index in [9.17, 15) is 4.79 Å². The van der Waals surface area contributed by atoms with E-state index in [1.54, 1.807) is 6.92 Å². The highest BCUT2D eigenvalue weighted by atomic mass is 35.5. The topological polar surface area (TPSA) is 55.1 Å². The Kier molecular flexibility index (Phi) is 6.09. The van der Waals surface area contributed by atoms with Gasteiger partial charge in [-0.25, -0.2) is 0 Å². The standard InChI is InChI=1S/C16H23ClN2O.ClH/c1-3-8-15(2,18)14(20)19-11-16(9-10-16)12-4-6-13(17)7-5-12;/h4-7H,3,8-11,18H2,1-2H3,(H,19,20);1H. The summed E-state index contributed by atoms with van der Waals surface area (Å²) in [4.78, 5) is 12.2. The Morgan fingerprint density at radius 2 is 1.95 bits per heavy atom. The minimum atomic E-state index is -0.773. The predicted molar refractivity (Wildman–Crippen MR) is 90.1 cm³/mol. The molecular formula is C16H24Cl2N2O. The number of carbonyl (C=O) groups excluding carboxylic acids is 1. The normalized spacial score (nSPS) is 18.3. The number of nitrogens with one attached hydrogen (secondary N) is 1. The first-order chi connectivity index (χ1) is 9.39. The quantitative estimate of drug-likeness (QED) is 0.839. The van der Waals surface area contributed by atoms with Crippen molar-refractivity contribution in [2.45, 2.75) is 50.5 Å². The third-order valence-corrected chi connectivity index (χ3v) is 4.44. The Hall–Kier alpha value is -0.770. The van der Waals surface area contributed by atoms with Gasteiger partial charge < -0.3 is 11.1 Å². The number of benzene rings is 1. The van der Waals surface area contributed by atoms with Crippen molar-refractivity contribution >= 4 is 29.9 Å². The molecule has 1 atom stereocenters. The smallest absolute Gasteiger partial charge is 0.239 e. The minimum absolute atomic E-state index is 0. The Labute approximate surface area is 138 Å². The lowest BCUT2D eigenvalue weighted by Gasteiger charge is -2.25. The molecule has 1 aromatic carbocycles. The van der Waals surface area contributed by atoms with Gasteiger partial charge in [-0.15, -0.1) is 12.4 Å². The van der Waals surface area contributed by atoms with Crippen molar-refractivity contribution < 1.29 is 4.79 Å². The van der Waals surface area contributed by atoms with Gasteiger partial charge in [0.25, 0.3) is 0 Å². The van der Waals surface area contributed by atoms with Crippen molar-refractivity contribution in [2.75, 3.05) is 6.54 Å². The molecule has 3 nitrogen and oxygen atoms in total. The van der Waals surface area contributed by atoms with E-state index in [0.29, 0.717) is 13.0 Å². The number of amides is 1. The third kappa shape index (κ3) is 4.35. The molecular weight excluding hydrogens is 307 g/mol. The molecule has 1 aromatic rings. The van der Waals surface area contributed by atoms with Gasteiger partial charge >= 0.3 is 0 Å². The molecule has 1 fully saturated rings. The molecule has 21 heavy (non-hydrogen) atoms. The molecule has 1 saturated carbocycles. The molecule has 0 saturated heterocycles. The van der Waals surface area contributed by atoms with E-state index in [1.807, 2.05) is 19.1 Å². The van der Waals surface area contributed by atoms with Crippen molar-refractivity contribution in [2.24, 2.45) is 5.73 Å². The summed E-state index contributed by atoms with van der Waals surface area (Å²) in [7, 11) is 0. The predicted octanol–water partition coefficient (Wildman–Crippen LogP) is 3.43. The second-order valence-electron chi connectivity index (χ2n) is 6.14. The lowest BCUT2D eigenvalue weighted by atomic mass is 9.93. The van der Waals surface area contributed by atoms with Crippen LogP contribution in [0.1, 0.15) is 45.1 Å². The van der Waals surface area contributed by atoms with Crippen LogP contribution < -0.4 is 11.1 Å². The van der Waals surface area contributed by atoms with Crippen molar-refractivity contribution in [1.29, 1.82) is 0 Å². The molecule has 2 rings (SSSR count). The number of hydrogen-bond donors (Lipinski definition) is 2. The highest BCUT2D eigenvalue weighted by Crippen LogP contribution is 2.47. The fourth-order valence-electron chi connectivity index (χ4n) is 2.61. The maximum atomic E-state index is 12.2. The van der Waals surface area contributed by atoms with Crippen LogP contribution >= 0.6 is 24.0 Å². The molecule has 3 N–H and O–H groups in total. The zero-order valence-corrected chi connectivity index (χ0v) is 14.2. The largest absolute Gasteiger partial charge is 0.354 e. The molecule has 0 radical (unpaired) electrons. The highest BCUT2D eigenvalue weighted by molar-refractivity contribution is 6.30. The second-order valence-corrected chi connectivity index (χ2v) is 6.57. The van der Waals surface area contributed by atoms with E-state index in [2.05, 4.69) is 17.4 Å². The Morgan fingerprint density at radius 1 is 1.38 bits per heavy atom. The summed E-state index contributed by atoms with van der Waals surface area (Å²) in [5.74, 6) is -0.0559. The fourth-order valence-corrected chi connectivity index (χ4v) is 2.73. The van der Waals surface area contributed by atoms with E-state index >= 15 is 0 Å². The van der Waals surface area contributed by atoms with Gasteiger partial charge in [0, 0.05) is 17.0 Å². The van der Waals surface area contributed by atoms with Crippen LogP contribution in [0.3, 0.4) is 0 Å². The van der Waals surface area contributed by atoms with Gasteiger partial charge in [-0.3, -0.25) is 4.79 Å². The lowest BCUT2D eigenvalue weighted by molar-refractivity contribution is -0.126. The number of nitrogens with two attached hydrogens (primary N) is 1. The fraction of sp³-hybridized carbons (Fsp3) is 0.562. The van der Waals surface area contributed by atoms with Crippen LogP contribution in [0.2, 0.25) is 5.02 Å². The lowest BCUT2D eigenvalue weighted by Crippen LogP contribution is -2.52. The summed E-state index contributed by atoms with van der Waals surface area (Å²) in [5.41, 5.74) is 6.61. The summed E-state index contributed by atoms with van der Waals surface area (Å²) in [6.07, 6.45) is 3.81. The van der Waals surface area contributed by atoms with E-state index in [0.717, 1.165) is 24.3 Å². The van der Waals surface area contributed by atoms with Crippen LogP contribution in [-0.2, 0) is 10.2 Å². The van der Waals surface area contributed by atoms with E-state index in [1.165, 1.54) is 5.56 Å². The molecule has 1 aliphatic carbocycles. The zero-order valence-electron chi connectivity index (χ0n) is 12.6. The molecule has 1 unspecified atom stereocenters. The van der Waals surface area contributed by atoms with Gasteiger partial charge in [0.15, 0.2) is 0 Å². The zero-order chi connectivity index (χ0) is 14.8. The summed E-state index contributed by atoms with van der Waals surface area (Å²) in [6, 6.07) is 7.91. The first-order valence-corrected chi connectivity index (χ1v) is 7.61. The average molecular weight is 331 g/mol. The van der Waals surface area contributed by atoms with Gasteiger partial charge in [0.05, 0.1) is 5.54 Å². The SMILES string of the molecule is CCCC(C)(N)C(=O)NCC1(c2ccc(Cl)cc2)CC1.Cl. The molecule has 1 amide bonds. The molecule has 0 aromatic heterocycles. The van der Waals surface area contributed by atoms with Crippen molar-refractivity contribution in [1.82, 2.24) is 5.32 Å². The van der Waals surface area contributed by atoms with E-state index in [-0.39, 0.29) is 23.7 Å². The van der Waals surface area contributed by atoms with Gasteiger partial charge in [0.1, 0.15) is 0 Å². The second kappa shape index (κ2) is 6.99. The maximum absolute atomic E-state index is 12.2. The van der Waals surface area contributed by atoms with E-state index < -0.39 is 5.54 Å². The summed E-state index contributed by atoms with van der Waals surface area (Å²) in [6.45, 7) is 4.49. The number of carbonyl (C=O) groups is 1. The highest BCUT2D eigenvalue weighted by Gasteiger charge is 2.45. The van der Waals surface area contributed by atoms with Crippen LogP contribution in [0.5, 0.6) is 0 Å². The molecule has 0 heterocycles. The average Bonchev–Trinajstić information content (AvgIpc) is 3.18. The van der Waals surface area contributed by atoms with Crippen molar-refractivity contribution in [3.05, 3.63) is 34.9 Å². The molecule has 1 aliphatic rings. The van der Waals surface area contributed by atoms with Gasteiger partial charge in [-0.05, 0) is 43.9 Å². The first-order valence-electron chi connectivity index (χ1n) is 7.23. The van der Waals surface area contributed by atoms with Crippen LogP contribution in [0.15, 0.2) is 24.3 Å².